The molecule has 4 rings (SSSR count). The second-order valence-electron chi connectivity index (χ2n) is 7.63. The van der Waals surface area contributed by atoms with E-state index in [1.165, 1.54) is 46.4 Å². The number of aryl methyl sites for hydroxylation is 2. The van der Waals surface area contributed by atoms with Gasteiger partial charge in [-0.05, 0) is 49.7 Å². The third-order valence-electron chi connectivity index (χ3n) is 5.32. The molecule has 1 heterocycles. The molecule has 0 unspecified atom stereocenters. The monoisotopic (exact) mass is 460 g/mol. The zero-order chi connectivity index (χ0) is 23.8. The number of ketones is 1. The van der Waals surface area contributed by atoms with E-state index in [0.717, 1.165) is 5.56 Å². The van der Waals surface area contributed by atoms with Gasteiger partial charge in [-0.15, -0.1) is 0 Å². The normalized spacial score (nSPS) is 11.3. The number of hydrogen-bond donors (Lipinski definition) is 0. The number of benzene rings is 3. The summed E-state index contributed by atoms with van der Waals surface area (Å²) in [5.74, 6) is -0.426. The van der Waals surface area contributed by atoms with Crippen LogP contribution in [-0.2, 0) is 10.0 Å². The largest absolute Gasteiger partial charge is 0.289 e. The van der Waals surface area contributed by atoms with E-state index in [-0.39, 0.29) is 27.4 Å². The molecule has 166 valence electrons. The van der Waals surface area contributed by atoms with Gasteiger partial charge in [0.25, 0.3) is 15.7 Å². The second-order valence-corrected chi connectivity index (χ2v) is 9.42. The minimum Gasteiger partial charge on any atom is -0.289 e. The van der Waals surface area contributed by atoms with E-state index in [4.69, 9.17) is 0 Å². The fourth-order valence-corrected chi connectivity index (χ4v) is 5.25. The fourth-order valence-electron chi connectivity index (χ4n) is 3.68. The highest BCUT2D eigenvalue weighted by Crippen LogP contribution is 2.33. The molecule has 0 amide bonds. The molecular weight excluding hydrogens is 440 g/mol. The van der Waals surface area contributed by atoms with Crippen molar-refractivity contribution in [1.82, 2.24) is 3.97 Å². The zero-order valence-corrected chi connectivity index (χ0v) is 18.7. The average molecular weight is 461 g/mol. The van der Waals surface area contributed by atoms with Crippen LogP contribution < -0.4 is 0 Å². The van der Waals surface area contributed by atoms with Gasteiger partial charge in [-0.2, -0.15) is 0 Å². The lowest BCUT2D eigenvalue weighted by atomic mass is 10.00. The van der Waals surface area contributed by atoms with Crippen molar-refractivity contribution in [2.75, 3.05) is 0 Å². The van der Waals surface area contributed by atoms with Gasteiger partial charge in [-0.3, -0.25) is 14.9 Å². The highest BCUT2D eigenvalue weighted by molar-refractivity contribution is 7.90. The van der Waals surface area contributed by atoms with Crippen LogP contribution in [0.5, 0.6) is 0 Å². The van der Waals surface area contributed by atoms with Gasteiger partial charge in [0, 0.05) is 29.0 Å². The number of hydrogen-bond acceptors (Lipinski definition) is 5. The van der Waals surface area contributed by atoms with Crippen LogP contribution in [0.15, 0.2) is 89.8 Å². The molecule has 0 aliphatic heterocycles. The van der Waals surface area contributed by atoms with Crippen molar-refractivity contribution in [2.24, 2.45) is 0 Å². The predicted molar refractivity (Wildman–Crippen MR) is 125 cm³/mol. The lowest BCUT2D eigenvalue weighted by Crippen LogP contribution is -2.16. The van der Waals surface area contributed by atoms with Gasteiger partial charge in [0.15, 0.2) is 5.78 Å². The third kappa shape index (κ3) is 4.08. The Bertz CT molecular complexity index is 1450. The maximum atomic E-state index is 13.6. The van der Waals surface area contributed by atoms with Gasteiger partial charge in [0.2, 0.25) is 0 Å². The minimum absolute atomic E-state index is 0.110. The van der Waals surface area contributed by atoms with Crippen LogP contribution in [0.25, 0.3) is 11.3 Å². The predicted octanol–water partition coefficient (Wildman–Crippen LogP) is 5.15. The van der Waals surface area contributed by atoms with Crippen molar-refractivity contribution in [3.8, 4) is 11.3 Å². The first kappa shape index (κ1) is 22.2. The van der Waals surface area contributed by atoms with E-state index < -0.39 is 20.7 Å². The third-order valence-corrected chi connectivity index (χ3v) is 7.14. The second kappa shape index (κ2) is 8.48. The van der Waals surface area contributed by atoms with Crippen molar-refractivity contribution in [3.05, 3.63) is 117 Å². The molecule has 0 saturated heterocycles. The van der Waals surface area contributed by atoms with E-state index in [1.807, 2.05) is 6.92 Å². The first-order valence-electron chi connectivity index (χ1n) is 10.1. The highest BCUT2D eigenvalue weighted by Gasteiger charge is 2.28. The summed E-state index contributed by atoms with van der Waals surface area (Å²) < 4.78 is 28.4. The number of rotatable bonds is 6. The first-order chi connectivity index (χ1) is 15.7. The molecule has 0 radical (unpaired) electrons. The molecule has 0 fully saturated rings. The molecule has 0 aliphatic rings. The van der Waals surface area contributed by atoms with Crippen LogP contribution in [0.2, 0.25) is 0 Å². The smallest absolute Gasteiger partial charge is 0.269 e. The lowest BCUT2D eigenvalue weighted by Gasteiger charge is -2.14. The summed E-state index contributed by atoms with van der Waals surface area (Å²) in [5.41, 5.74) is 2.40. The molecule has 4 aromatic rings. The van der Waals surface area contributed by atoms with Crippen molar-refractivity contribution < 1.29 is 18.1 Å². The Labute approximate surface area is 191 Å². The molecule has 1 aromatic heterocycles. The summed E-state index contributed by atoms with van der Waals surface area (Å²) >= 11 is 0. The number of nitro groups is 1. The summed E-state index contributed by atoms with van der Waals surface area (Å²) in [6.45, 7) is 3.50. The summed E-state index contributed by atoms with van der Waals surface area (Å²) in [6, 6.07) is 22.1. The van der Waals surface area contributed by atoms with Crippen molar-refractivity contribution in [2.45, 2.75) is 18.7 Å². The van der Waals surface area contributed by atoms with Gasteiger partial charge in [-0.25, -0.2) is 12.4 Å². The van der Waals surface area contributed by atoms with Gasteiger partial charge < -0.3 is 0 Å². The maximum Gasteiger partial charge on any atom is 0.269 e. The molecule has 0 bridgehead atoms. The topological polar surface area (TPSA) is 99.3 Å². The Morgan fingerprint density at radius 2 is 1.48 bits per heavy atom. The fraction of sp³-hybridized carbons (Fsp3) is 0.0800. The number of aromatic nitrogens is 1. The molecule has 8 heteroatoms. The van der Waals surface area contributed by atoms with Crippen LogP contribution >= 0.6 is 0 Å². The molecule has 0 atom stereocenters. The van der Waals surface area contributed by atoms with Crippen LogP contribution in [0.1, 0.15) is 27.2 Å². The van der Waals surface area contributed by atoms with E-state index in [2.05, 4.69) is 0 Å². The van der Waals surface area contributed by atoms with Gasteiger partial charge in [-0.1, -0.05) is 48.0 Å². The Morgan fingerprint density at radius 1 is 0.879 bits per heavy atom. The Morgan fingerprint density at radius 3 is 2.06 bits per heavy atom. The Hall–Kier alpha value is -4.04. The van der Waals surface area contributed by atoms with Gasteiger partial charge >= 0.3 is 0 Å². The average Bonchev–Trinajstić information content (AvgIpc) is 3.17. The minimum atomic E-state index is -4.00. The quantitative estimate of drug-likeness (QED) is 0.225. The number of non-ortho nitro benzene ring substituents is 1. The van der Waals surface area contributed by atoms with E-state index in [1.54, 1.807) is 49.4 Å². The molecule has 33 heavy (non-hydrogen) atoms. The van der Waals surface area contributed by atoms with Crippen LogP contribution in [0.4, 0.5) is 5.69 Å². The number of carbonyl (C=O) groups excluding carboxylic acids is 1. The van der Waals surface area contributed by atoms with Crippen molar-refractivity contribution in [1.29, 1.82) is 0 Å². The number of nitrogens with zero attached hydrogens (tertiary/aromatic N) is 2. The molecule has 3 aromatic carbocycles. The Balaban J connectivity index is 1.93. The van der Waals surface area contributed by atoms with Crippen molar-refractivity contribution >= 4 is 21.5 Å². The lowest BCUT2D eigenvalue weighted by molar-refractivity contribution is -0.384. The highest BCUT2D eigenvalue weighted by atomic mass is 32.2. The van der Waals surface area contributed by atoms with Crippen molar-refractivity contribution in [3.63, 3.8) is 0 Å². The molecule has 0 N–H and O–H groups in total. The summed E-state index contributed by atoms with van der Waals surface area (Å²) in [4.78, 5) is 23.9. The first-order valence-corrected chi connectivity index (χ1v) is 11.5. The van der Waals surface area contributed by atoms with Gasteiger partial charge in [0.1, 0.15) is 0 Å². The van der Waals surface area contributed by atoms with E-state index >= 15 is 0 Å². The SMILES string of the molecule is Cc1ccc(S(=O)(=O)n2c(C)cc(C(=O)c3ccc([N+](=O)[O-])cc3)c2-c2ccccc2)cc1. The van der Waals surface area contributed by atoms with Gasteiger partial charge in [0.05, 0.1) is 15.5 Å². The van der Waals surface area contributed by atoms with Crippen LogP contribution in [0, 0.1) is 24.0 Å². The number of carbonyl (C=O) groups is 1. The molecule has 0 spiro atoms. The molecule has 0 saturated carbocycles. The Kier molecular flexibility index (Phi) is 5.69. The van der Waals surface area contributed by atoms with Crippen LogP contribution in [0.3, 0.4) is 0 Å². The molecule has 0 aliphatic carbocycles. The number of nitro benzene ring substituents is 1. The molecule has 7 nitrogen and oxygen atoms in total. The van der Waals surface area contributed by atoms with E-state index in [9.17, 15) is 23.3 Å². The standard InChI is InChI=1S/C25H20N2O5S/c1-17-8-14-22(15-9-17)33(31,32)26-18(2)16-23(24(26)19-6-4-3-5-7-19)25(28)20-10-12-21(13-11-20)27(29)30/h3-16H,1-2H3. The maximum absolute atomic E-state index is 13.6. The summed E-state index contributed by atoms with van der Waals surface area (Å²) in [5, 5.41) is 11.0. The summed E-state index contributed by atoms with van der Waals surface area (Å²) in [7, 11) is -4.00. The van der Waals surface area contributed by atoms with Crippen LogP contribution in [-0.4, -0.2) is 23.1 Å². The zero-order valence-electron chi connectivity index (χ0n) is 17.9. The summed E-state index contributed by atoms with van der Waals surface area (Å²) in [6.07, 6.45) is 0. The van der Waals surface area contributed by atoms with E-state index in [0.29, 0.717) is 11.3 Å². The molecular formula is C25H20N2O5S.